The summed E-state index contributed by atoms with van der Waals surface area (Å²) in [5.41, 5.74) is 1.18. The van der Waals surface area contributed by atoms with Crippen LogP contribution in [-0.2, 0) is 16.2 Å². The van der Waals surface area contributed by atoms with Crippen LogP contribution in [0, 0.1) is 0 Å². The molecular formula is C22H20N2O7. The Labute approximate surface area is 178 Å². The van der Waals surface area contributed by atoms with Crippen molar-refractivity contribution in [2.45, 2.75) is 6.61 Å². The number of nitrogens with zero attached hydrogens (tertiary/aromatic N) is 2. The van der Waals surface area contributed by atoms with Crippen LogP contribution < -0.4 is 9.47 Å². The van der Waals surface area contributed by atoms with E-state index in [1.54, 1.807) is 30.3 Å². The van der Waals surface area contributed by atoms with Crippen LogP contribution in [-0.4, -0.2) is 59.9 Å². The second kappa shape index (κ2) is 8.70. The zero-order chi connectivity index (χ0) is 22.7. The van der Waals surface area contributed by atoms with E-state index in [0.29, 0.717) is 22.6 Å². The van der Waals surface area contributed by atoms with Gasteiger partial charge in [-0.3, -0.25) is 19.4 Å². The number of methoxy groups -OCH3 is 1. The van der Waals surface area contributed by atoms with Crippen LogP contribution >= 0.6 is 0 Å². The van der Waals surface area contributed by atoms with Crippen LogP contribution in [0.15, 0.2) is 48.0 Å². The number of urea groups is 1. The number of aromatic carboxylic acids is 1. The van der Waals surface area contributed by atoms with Gasteiger partial charge in [-0.25, -0.2) is 9.59 Å². The van der Waals surface area contributed by atoms with Gasteiger partial charge in [-0.2, -0.15) is 0 Å². The molecule has 2 aromatic rings. The Morgan fingerprint density at radius 3 is 2.29 bits per heavy atom. The number of barbiturate groups is 1. The van der Waals surface area contributed by atoms with Crippen molar-refractivity contribution in [3.05, 3.63) is 64.7 Å². The molecule has 0 unspecified atom stereocenters. The third-order valence-corrected chi connectivity index (χ3v) is 4.71. The van der Waals surface area contributed by atoms with Gasteiger partial charge in [-0.1, -0.05) is 18.2 Å². The van der Waals surface area contributed by atoms with Crippen LogP contribution in [0.3, 0.4) is 0 Å². The molecule has 1 aliphatic heterocycles. The number of carbonyl (C=O) groups is 4. The molecule has 0 aromatic heterocycles. The summed E-state index contributed by atoms with van der Waals surface area (Å²) in [6.45, 7) is 0.118. The van der Waals surface area contributed by atoms with Crippen molar-refractivity contribution in [1.82, 2.24) is 9.80 Å². The summed E-state index contributed by atoms with van der Waals surface area (Å²) in [6.07, 6.45) is 1.38. The largest absolute Gasteiger partial charge is 0.493 e. The average Bonchev–Trinajstić information content (AvgIpc) is 2.78. The van der Waals surface area contributed by atoms with Gasteiger partial charge in [-0.05, 0) is 41.5 Å². The third-order valence-electron chi connectivity index (χ3n) is 4.71. The fourth-order valence-corrected chi connectivity index (χ4v) is 2.99. The molecule has 3 rings (SSSR count). The van der Waals surface area contributed by atoms with Crippen molar-refractivity contribution in [3.8, 4) is 11.5 Å². The molecule has 9 heteroatoms. The molecule has 4 amide bonds. The first-order valence-electron chi connectivity index (χ1n) is 9.17. The van der Waals surface area contributed by atoms with Gasteiger partial charge in [0, 0.05) is 14.1 Å². The summed E-state index contributed by atoms with van der Waals surface area (Å²) in [4.78, 5) is 49.4. The molecule has 0 radical (unpaired) electrons. The lowest BCUT2D eigenvalue weighted by Gasteiger charge is -2.28. The lowest BCUT2D eigenvalue weighted by Crippen LogP contribution is -2.52. The van der Waals surface area contributed by atoms with Crippen LogP contribution in [0.4, 0.5) is 4.79 Å². The van der Waals surface area contributed by atoms with Gasteiger partial charge in [0.05, 0.1) is 12.7 Å². The van der Waals surface area contributed by atoms with Gasteiger partial charge in [0.15, 0.2) is 11.5 Å². The Balaban J connectivity index is 1.83. The van der Waals surface area contributed by atoms with Crippen molar-refractivity contribution >= 4 is 29.9 Å². The summed E-state index contributed by atoms with van der Waals surface area (Å²) in [5.74, 6) is -1.65. The molecule has 2 aromatic carbocycles. The second-order valence-electron chi connectivity index (χ2n) is 6.77. The predicted molar refractivity (Wildman–Crippen MR) is 110 cm³/mol. The number of hydrogen-bond acceptors (Lipinski definition) is 6. The minimum absolute atomic E-state index is 0.118. The Kier molecular flexibility index (Phi) is 6.05. The molecule has 31 heavy (non-hydrogen) atoms. The van der Waals surface area contributed by atoms with Crippen molar-refractivity contribution in [2.24, 2.45) is 0 Å². The van der Waals surface area contributed by atoms with E-state index < -0.39 is 23.8 Å². The number of amides is 4. The van der Waals surface area contributed by atoms with E-state index >= 15 is 0 Å². The van der Waals surface area contributed by atoms with Gasteiger partial charge < -0.3 is 14.6 Å². The van der Waals surface area contributed by atoms with E-state index in [1.165, 1.54) is 39.4 Å². The number of imide groups is 2. The number of likely N-dealkylation sites (N-methyl/N-ethyl adjacent to an activating group) is 2. The molecule has 1 heterocycles. The van der Waals surface area contributed by atoms with Crippen molar-refractivity contribution in [3.63, 3.8) is 0 Å². The molecule has 1 N–H and O–H groups in total. The van der Waals surface area contributed by atoms with Gasteiger partial charge in [0.1, 0.15) is 12.2 Å². The second-order valence-corrected chi connectivity index (χ2v) is 6.77. The summed E-state index contributed by atoms with van der Waals surface area (Å²) in [7, 11) is 4.05. The highest BCUT2D eigenvalue weighted by Gasteiger charge is 2.37. The highest BCUT2D eigenvalue weighted by molar-refractivity contribution is 6.30. The fraction of sp³-hybridized carbons (Fsp3) is 0.182. The Morgan fingerprint density at radius 1 is 1.00 bits per heavy atom. The first-order chi connectivity index (χ1) is 14.7. The van der Waals surface area contributed by atoms with Crippen molar-refractivity contribution < 1.29 is 33.8 Å². The van der Waals surface area contributed by atoms with Crippen LogP contribution in [0.2, 0.25) is 0 Å². The maximum Gasteiger partial charge on any atom is 0.335 e. The molecule has 1 saturated heterocycles. The number of carboxylic acid groups (broad SMARTS) is 1. The summed E-state index contributed by atoms with van der Waals surface area (Å²) >= 11 is 0. The molecule has 0 aliphatic carbocycles. The Bertz CT molecular complexity index is 1080. The molecule has 160 valence electrons. The van der Waals surface area contributed by atoms with E-state index in [4.69, 9.17) is 14.6 Å². The molecule has 1 fully saturated rings. The van der Waals surface area contributed by atoms with Gasteiger partial charge >= 0.3 is 12.0 Å². The third kappa shape index (κ3) is 4.40. The maximum absolute atomic E-state index is 12.3. The first-order valence-corrected chi connectivity index (χ1v) is 9.17. The maximum atomic E-state index is 12.3. The number of benzene rings is 2. The fourth-order valence-electron chi connectivity index (χ4n) is 2.99. The van der Waals surface area contributed by atoms with Crippen LogP contribution in [0.1, 0.15) is 21.5 Å². The lowest BCUT2D eigenvalue weighted by atomic mass is 10.1. The number of carboxylic acids is 1. The van der Waals surface area contributed by atoms with Crippen molar-refractivity contribution in [1.29, 1.82) is 0 Å². The van der Waals surface area contributed by atoms with Crippen molar-refractivity contribution in [2.75, 3.05) is 21.2 Å². The number of hydrogen-bond donors (Lipinski definition) is 1. The van der Waals surface area contributed by atoms with E-state index in [9.17, 15) is 19.2 Å². The molecule has 9 nitrogen and oxygen atoms in total. The van der Waals surface area contributed by atoms with Gasteiger partial charge in [-0.15, -0.1) is 0 Å². The smallest absolute Gasteiger partial charge is 0.335 e. The quantitative estimate of drug-likeness (QED) is 0.560. The zero-order valence-corrected chi connectivity index (χ0v) is 17.1. The van der Waals surface area contributed by atoms with E-state index in [2.05, 4.69) is 0 Å². The zero-order valence-electron chi connectivity index (χ0n) is 17.1. The minimum Gasteiger partial charge on any atom is -0.493 e. The standard InChI is InChI=1S/C22H20N2O7/c1-23-19(25)16(20(26)24(2)22(23)29)10-13-7-8-17(18(11-13)30-3)31-12-14-5-4-6-15(9-14)21(27)28/h4-11H,12H2,1-3H3,(H,27,28). The molecule has 0 spiro atoms. The number of rotatable bonds is 6. The SMILES string of the molecule is COc1cc(C=C2C(=O)N(C)C(=O)N(C)C2=O)ccc1OCc1cccc(C(=O)O)c1. The van der Waals surface area contributed by atoms with Crippen LogP contribution in [0.25, 0.3) is 6.08 Å². The van der Waals surface area contributed by atoms with Gasteiger partial charge in [0.2, 0.25) is 0 Å². The molecule has 0 saturated carbocycles. The molecule has 0 bridgehead atoms. The van der Waals surface area contributed by atoms with E-state index in [-0.39, 0.29) is 17.7 Å². The predicted octanol–water partition coefficient (Wildman–Crippen LogP) is 2.41. The Hall–Kier alpha value is -4.14. The molecule has 0 atom stereocenters. The van der Waals surface area contributed by atoms with Gasteiger partial charge in [0.25, 0.3) is 11.8 Å². The minimum atomic E-state index is -1.03. The number of carbonyl (C=O) groups excluding carboxylic acids is 3. The summed E-state index contributed by atoms with van der Waals surface area (Å²) < 4.78 is 11.1. The lowest BCUT2D eigenvalue weighted by molar-refractivity contribution is -0.134. The highest BCUT2D eigenvalue weighted by Crippen LogP contribution is 2.30. The van der Waals surface area contributed by atoms with Crippen LogP contribution in [0.5, 0.6) is 11.5 Å². The summed E-state index contributed by atoms with van der Waals surface area (Å²) in [5, 5.41) is 9.09. The topological polar surface area (TPSA) is 113 Å². The molecule has 1 aliphatic rings. The average molecular weight is 424 g/mol. The normalized spacial score (nSPS) is 14.0. The summed E-state index contributed by atoms with van der Waals surface area (Å²) in [6, 6.07) is 10.5. The first kappa shape index (κ1) is 21.6. The van der Waals surface area contributed by atoms with E-state index in [1.807, 2.05) is 0 Å². The highest BCUT2D eigenvalue weighted by atomic mass is 16.5. The Morgan fingerprint density at radius 2 is 1.68 bits per heavy atom. The van der Waals surface area contributed by atoms with E-state index in [0.717, 1.165) is 9.80 Å². The molecular weight excluding hydrogens is 404 g/mol. The number of ether oxygens (including phenoxy) is 2. The monoisotopic (exact) mass is 424 g/mol.